The van der Waals surface area contributed by atoms with Crippen LogP contribution in [0.5, 0.6) is 0 Å². The average Bonchev–Trinajstić information content (AvgIpc) is 2.39. The molecule has 0 bridgehead atoms. The Morgan fingerprint density at radius 2 is 2.00 bits per heavy atom. The Kier molecular flexibility index (Phi) is 5.26. The second kappa shape index (κ2) is 6.51. The van der Waals surface area contributed by atoms with Crippen LogP contribution in [0.25, 0.3) is 0 Å². The summed E-state index contributed by atoms with van der Waals surface area (Å²) in [6.45, 7) is 2.02. The third kappa shape index (κ3) is 3.80. The lowest BCUT2D eigenvalue weighted by Crippen LogP contribution is -2.40. The predicted molar refractivity (Wildman–Crippen MR) is 76.3 cm³/mol. The molecule has 0 aliphatic carbocycles. The predicted octanol–water partition coefficient (Wildman–Crippen LogP) is -0.830. The van der Waals surface area contributed by atoms with Gasteiger partial charge in [0.25, 0.3) is 5.56 Å². The van der Waals surface area contributed by atoms with Crippen molar-refractivity contribution in [2.75, 3.05) is 7.05 Å². The zero-order chi connectivity index (χ0) is 15.4. The van der Waals surface area contributed by atoms with Crippen molar-refractivity contribution in [3.63, 3.8) is 0 Å². The van der Waals surface area contributed by atoms with Crippen molar-refractivity contribution < 1.29 is 4.79 Å². The molecule has 0 aliphatic rings. The van der Waals surface area contributed by atoms with Crippen LogP contribution in [0, 0.1) is 0 Å². The van der Waals surface area contributed by atoms with Crippen molar-refractivity contribution in [2.45, 2.75) is 32.4 Å². The number of hydrogen-bond acceptors (Lipinski definition) is 4. The van der Waals surface area contributed by atoms with Crippen LogP contribution in [0.15, 0.2) is 15.8 Å². The van der Waals surface area contributed by atoms with Crippen LogP contribution in [-0.2, 0) is 25.4 Å². The Labute approximate surface area is 117 Å². The van der Waals surface area contributed by atoms with Crippen LogP contribution >= 0.6 is 0 Å². The van der Waals surface area contributed by atoms with E-state index >= 15 is 0 Å². The van der Waals surface area contributed by atoms with Gasteiger partial charge in [-0.25, -0.2) is 4.79 Å². The zero-order valence-electron chi connectivity index (χ0n) is 12.4. The molecule has 1 aromatic rings. The van der Waals surface area contributed by atoms with E-state index in [0.29, 0.717) is 18.4 Å². The van der Waals surface area contributed by atoms with Gasteiger partial charge in [-0.05, 0) is 13.3 Å². The summed E-state index contributed by atoms with van der Waals surface area (Å²) in [7, 11) is 4.63. The quantitative estimate of drug-likeness (QED) is 0.763. The van der Waals surface area contributed by atoms with Crippen LogP contribution in [0.1, 0.15) is 25.3 Å². The van der Waals surface area contributed by atoms with Gasteiger partial charge in [0.05, 0.1) is 12.1 Å². The summed E-state index contributed by atoms with van der Waals surface area (Å²) in [5, 5.41) is 0. The smallest absolute Gasteiger partial charge is 0.330 e. The molecule has 0 saturated heterocycles. The summed E-state index contributed by atoms with van der Waals surface area (Å²) in [6.07, 6.45) is 2.43. The van der Waals surface area contributed by atoms with E-state index in [1.165, 1.54) is 22.7 Å². The average molecular weight is 282 g/mol. The minimum atomic E-state index is -0.385. The molecular weight excluding hydrogens is 260 g/mol. The first kappa shape index (κ1) is 16.2. The fourth-order valence-corrected chi connectivity index (χ4v) is 1.88. The fourth-order valence-electron chi connectivity index (χ4n) is 1.88. The van der Waals surface area contributed by atoms with Gasteiger partial charge in [-0.3, -0.25) is 14.2 Å². The molecule has 7 nitrogen and oxygen atoms in total. The second-order valence-electron chi connectivity index (χ2n) is 5.18. The molecule has 1 unspecified atom stereocenters. The number of aryl methyl sites for hydroxylation is 1. The number of nitrogens with two attached hydrogens (primary N) is 1. The van der Waals surface area contributed by atoms with E-state index < -0.39 is 0 Å². The number of nitrogens with zero attached hydrogens (tertiary/aromatic N) is 3. The first-order valence-corrected chi connectivity index (χ1v) is 6.49. The molecule has 0 fully saturated rings. The summed E-state index contributed by atoms with van der Waals surface area (Å²) in [6, 6.07) is -0.0298. The third-order valence-corrected chi connectivity index (χ3v) is 3.16. The summed E-state index contributed by atoms with van der Waals surface area (Å²) >= 11 is 0. The monoisotopic (exact) mass is 282 g/mol. The molecule has 0 aromatic carbocycles. The lowest BCUT2D eigenvalue weighted by molar-refractivity contribution is -0.130. The Balaban J connectivity index is 2.86. The summed E-state index contributed by atoms with van der Waals surface area (Å²) < 4.78 is 2.37. The van der Waals surface area contributed by atoms with E-state index in [9.17, 15) is 14.4 Å². The number of amides is 1. The minimum Gasteiger partial charge on any atom is -0.341 e. The van der Waals surface area contributed by atoms with Gasteiger partial charge in [0.1, 0.15) is 0 Å². The third-order valence-electron chi connectivity index (χ3n) is 3.16. The first-order chi connectivity index (χ1) is 9.23. The molecule has 0 radical (unpaired) electrons. The molecule has 1 rings (SSSR count). The number of aromatic nitrogens is 2. The standard InChI is InChI=1S/C13H22N4O3/c1-9(14)5-6-11(18)15(2)7-10-8-16(3)13(20)17(4)12(10)19/h8-9H,5-7,14H2,1-4H3. The molecule has 1 atom stereocenters. The van der Waals surface area contributed by atoms with E-state index in [1.807, 2.05) is 6.92 Å². The van der Waals surface area contributed by atoms with E-state index in [0.717, 1.165) is 4.57 Å². The Morgan fingerprint density at radius 3 is 2.55 bits per heavy atom. The highest BCUT2D eigenvalue weighted by atomic mass is 16.2. The van der Waals surface area contributed by atoms with Gasteiger partial charge >= 0.3 is 5.69 Å². The molecular formula is C13H22N4O3. The maximum Gasteiger partial charge on any atom is 0.330 e. The highest BCUT2D eigenvalue weighted by Crippen LogP contribution is 2.02. The van der Waals surface area contributed by atoms with E-state index in [4.69, 9.17) is 5.73 Å². The largest absolute Gasteiger partial charge is 0.341 e. The van der Waals surface area contributed by atoms with Crippen LogP contribution in [-0.4, -0.2) is 33.0 Å². The molecule has 20 heavy (non-hydrogen) atoms. The zero-order valence-corrected chi connectivity index (χ0v) is 12.4. The molecule has 1 heterocycles. The lowest BCUT2D eigenvalue weighted by Gasteiger charge is -2.18. The van der Waals surface area contributed by atoms with Crippen molar-refractivity contribution in [1.82, 2.24) is 14.0 Å². The normalized spacial score (nSPS) is 12.2. The van der Waals surface area contributed by atoms with Crippen molar-refractivity contribution >= 4 is 5.91 Å². The number of carbonyl (C=O) groups excluding carboxylic acids is 1. The van der Waals surface area contributed by atoms with Crippen molar-refractivity contribution in [3.05, 3.63) is 32.6 Å². The number of rotatable bonds is 5. The van der Waals surface area contributed by atoms with Gasteiger partial charge < -0.3 is 15.2 Å². The maximum atomic E-state index is 12.0. The van der Waals surface area contributed by atoms with Crippen LogP contribution < -0.4 is 17.0 Å². The summed E-state index contributed by atoms with van der Waals surface area (Å²) in [5.41, 5.74) is 5.26. The van der Waals surface area contributed by atoms with Gasteiger partial charge in [0, 0.05) is 39.8 Å². The molecule has 7 heteroatoms. The second-order valence-corrected chi connectivity index (χ2v) is 5.18. The van der Waals surface area contributed by atoms with Crippen LogP contribution in [0.4, 0.5) is 0 Å². The summed E-state index contributed by atoms with van der Waals surface area (Å²) in [4.78, 5) is 36.9. The topological polar surface area (TPSA) is 90.3 Å². The highest BCUT2D eigenvalue weighted by Gasteiger charge is 2.14. The minimum absolute atomic E-state index is 0.0298. The Morgan fingerprint density at radius 1 is 1.40 bits per heavy atom. The van der Waals surface area contributed by atoms with Crippen molar-refractivity contribution in [1.29, 1.82) is 0 Å². The molecule has 0 spiro atoms. The highest BCUT2D eigenvalue weighted by molar-refractivity contribution is 5.75. The molecule has 0 aliphatic heterocycles. The van der Waals surface area contributed by atoms with E-state index in [2.05, 4.69) is 0 Å². The van der Waals surface area contributed by atoms with Gasteiger partial charge in [-0.15, -0.1) is 0 Å². The Bertz CT molecular complexity index is 601. The van der Waals surface area contributed by atoms with Gasteiger partial charge in [0.15, 0.2) is 0 Å². The SMILES string of the molecule is CC(N)CCC(=O)N(C)Cc1cn(C)c(=O)n(C)c1=O. The van der Waals surface area contributed by atoms with Gasteiger partial charge in [-0.2, -0.15) is 0 Å². The van der Waals surface area contributed by atoms with Crippen molar-refractivity contribution in [2.24, 2.45) is 19.8 Å². The first-order valence-electron chi connectivity index (χ1n) is 6.49. The van der Waals surface area contributed by atoms with Crippen LogP contribution in [0.3, 0.4) is 0 Å². The maximum absolute atomic E-state index is 12.0. The summed E-state index contributed by atoms with van der Waals surface area (Å²) in [5.74, 6) is -0.0711. The molecule has 2 N–H and O–H groups in total. The molecule has 0 saturated carbocycles. The van der Waals surface area contributed by atoms with Crippen LogP contribution in [0.2, 0.25) is 0 Å². The van der Waals surface area contributed by atoms with Gasteiger partial charge in [0.2, 0.25) is 5.91 Å². The molecule has 112 valence electrons. The van der Waals surface area contributed by atoms with E-state index in [-0.39, 0.29) is 29.7 Å². The van der Waals surface area contributed by atoms with E-state index in [1.54, 1.807) is 14.1 Å². The van der Waals surface area contributed by atoms with Gasteiger partial charge in [-0.1, -0.05) is 0 Å². The number of hydrogen-bond donors (Lipinski definition) is 1. The Hall–Kier alpha value is -1.89. The number of carbonyl (C=O) groups is 1. The molecule has 1 amide bonds. The van der Waals surface area contributed by atoms with Crippen molar-refractivity contribution in [3.8, 4) is 0 Å². The molecule has 1 aromatic heterocycles. The lowest BCUT2D eigenvalue weighted by atomic mass is 10.2. The fraction of sp³-hybridized carbons (Fsp3) is 0.615.